The predicted molar refractivity (Wildman–Crippen MR) is 147 cm³/mol. The molecule has 1 N–H and O–H groups in total. The normalized spacial score (nSPS) is 11.6. The number of methoxy groups -OCH3 is 1. The van der Waals surface area contributed by atoms with Crippen molar-refractivity contribution >= 4 is 23.4 Å². The molecule has 0 radical (unpaired) electrons. The fourth-order valence-electron chi connectivity index (χ4n) is 3.87. The average Bonchev–Trinajstić information content (AvgIpc) is 2.90. The summed E-state index contributed by atoms with van der Waals surface area (Å²) in [4.78, 5) is 28.7. The highest BCUT2D eigenvalue weighted by molar-refractivity contribution is 6.32. The summed E-state index contributed by atoms with van der Waals surface area (Å²) in [6, 6.07) is 23.5. The van der Waals surface area contributed by atoms with Crippen LogP contribution in [-0.2, 0) is 22.6 Å². The third-order valence-corrected chi connectivity index (χ3v) is 6.30. The number of benzene rings is 3. The van der Waals surface area contributed by atoms with Crippen molar-refractivity contribution in [3.8, 4) is 11.5 Å². The number of carbonyl (C=O) groups is 2. The number of nitrogens with zero attached hydrogens (tertiary/aromatic N) is 1. The molecule has 3 aromatic rings. The summed E-state index contributed by atoms with van der Waals surface area (Å²) in [5.74, 6) is 1.09. The third-order valence-electron chi connectivity index (χ3n) is 5.99. The number of rotatable bonds is 13. The van der Waals surface area contributed by atoms with Crippen LogP contribution < -0.4 is 14.8 Å². The van der Waals surface area contributed by atoms with Crippen molar-refractivity contribution in [1.29, 1.82) is 0 Å². The van der Waals surface area contributed by atoms with E-state index in [0.29, 0.717) is 29.7 Å². The van der Waals surface area contributed by atoms with Crippen LogP contribution >= 0.6 is 11.6 Å². The summed E-state index contributed by atoms with van der Waals surface area (Å²) < 4.78 is 11.0. The molecule has 37 heavy (non-hydrogen) atoms. The van der Waals surface area contributed by atoms with Crippen molar-refractivity contribution < 1.29 is 19.1 Å². The molecule has 0 aromatic heterocycles. The number of para-hydroxylation sites is 1. The van der Waals surface area contributed by atoms with Gasteiger partial charge in [0.1, 0.15) is 17.5 Å². The molecule has 0 aliphatic carbocycles. The SMILES string of the molecule is COc1ccc(CN(C(=O)COc2ccccc2Cl)[C@H](Cc2ccccc2)C(=O)NCCC(C)C)cc1. The van der Waals surface area contributed by atoms with Crippen molar-refractivity contribution in [2.75, 3.05) is 20.3 Å². The monoisotopic (exact) mass is 522 g/mol. The van der Waals surface area contributed by atoms with Crippen LogP contribution in [-0.4, -0.2) is 43.0 Å². The van der Waals surface area contributed by atoms with Gasteiger partial charge in [0.25, 0.3) is 5.91 Å². The van der Waals surface area contributed by atoms with Crippen LogP contribution in [0.4, 0.5) is 0 Å². The predicted octanol–water partition coefficient (Wildman–Crippen LogP) is 5.53. The Labute approximate surface area is 224 Å². The minimum atomic E-state index is -0.723. The molecular formula is C30H35ClN2O4. The van der Waals surface area contributed by atoms with Crippen LogP contribution in [0.3, 0.4) is 0 Å². The van der Waals surface area contributed by atoms with Crippen molar-refractivity contribution in [1.82, 2.24) is 10.2 Å². The maximum absolute atomic E-state index is 13.6. The van der Waals surface area contributed by atoms with Crippen LogP contribution in [0, 0.1) is 5.92 Å². The quantitative estimate of drug-likeness (QED) is 0.320. The first-order chi connectivity index (χ1) is 17.9. The minimum Gasteiger partial charge on any atom is -0.497 e. The van der Waals surface area contributed by atoms with Crippen LogP contribution in [0.5, 0.6) is 11.5 Å². The van der Waals surface area contributed by atoms with Crippen LogP contribution in [0.1, 0.15) is 31.4 Å². The fraction of sp³-hybridized carbons (Fsp3) is 0.333. The number of hydrogen-bond acceptors (Lipinski definition) is 4. The molecule has 0 saturated heterocycles. The number of amides is 2. The Morgan fingerprint density at radius 2 is 1.59 bits per heavy atom. The zero-order valence-electron chi connectivity index (χ0n) is 21.7. The van der Waals surface area contributed by atoms with Crippen molar-refractivity contribution in [2.24, 2.45) is 5.92 Å². The highest BCUT2D eigenvalue weighted by atomic mass is 35.5. The van der Waals surface area contributed by atoms with Gasteiger partial charge in [-0.15, -0.1) is 0 Å². The number of carbonyl (C=O) groups excluding carboxylic acids is 2. The molecule has 2 amide bonds. The van der Waals surface area contributed by atoms with Gasteiger partial charge in [-0.25, -0.2) is 0 Å². The first-order valence-electron chi connectivity index (χ1n) is 12.5. The lowest BCUT2D eigenvalue weighted by atomic mass is 10.0. The van der Waals surface area contributed by atoms with Crippen molar-refractivity contribution in [2.45, 2.75) is 39.3 Å². The number of ether oxygens (including phenoxy) is 2. The Balaban J connectivity index is 1.89. The van der Waals surface area contributed by atoms with Crippen LogP contribution in [0.2, 0.25) is 5.02 Å². The highest BCUT2D eigenvalue weighted by Gasteiger charge is 2.30. The van der Waals surface area contributed by atoms with E-state index in [-0.39, 0.29) is 25.0 Å². The Morgan fingerprint density at radius 3 is 2.24 bits per heavy atom. The van der Waals surface area contributed by atoms with Gasteiger partial charge in [0.2, 0.25) is 5.91 Å². The maximum atomic E-state index is 13.6. The topological polar surface area (TPSA) is 67.9 Å². The molecule has 0 aliphatic heterocycles. The van der Waals surface area contributed by atoms with Gasteiger partial charge in [0.15, 0.2) is 6.61 Å². The molecular weight excluding hydrogens is 488 g/mol. The Bertz CT molecular complexity index is 1140. The minimum absolute atomic E-state index is 0.191. The summed E-state index contributed by atoms with van der Waals surface area (Å²) in [5, 5.41) is 3.46. The Hall–Kier alpha value is -3.51. The van der Waals surface area contributed by atoms with E-state index in [1.807, 2.05) is 54.6 Å². The summed E-state index contributed by atoms with van der Waals surface area (Å²) in [7, 11) is 1.61. The second-order valence-electron chi connectivity index (χ2n) is 9.27. The van der Waals surface area contributed by atoms with Crippen LogP contribution in [0.15, 0.2) is 78.9 Å². The van der Waals surface area contributed by atoms with E-state index >= 15 is 0 Å². The van der Waals surface area contributed by atoms with Gasteiger partial charge in [0, 0.05) is 19.5 Å². The largest absolute Gasteiger partial charge is 0.497 e. The van der Waals surface area contributed by atoms with Gasteiger partial charge in [-0.3, -0.25) is 9.59 Å². The van der Waals surface area contributed by atoms with Gasteiger partial charge in [-0.05, 0) is 47.7 Å². The van der Waals surface area contributed by atoms with E-state index in [1.54, 1.807) is 36.3 Å². The summed E-state index contributed by atoms with van der Waals surface area (Å²) in [5.41, 5.74) is 1.84. The molecule has 196 valence electrons. The molecule has 0 unspecified atom stereocenters. The van der Waals surface area contributed by atoms with Gasteiger partial charge >= 0.3 is 0 Å². The van der Waals surface area contributed by atoms with Gasteiger partial charge in [-0.1, -0.05) is 80.0 Å². The lowest BCUT2D eigenvalue weighted by Crippen LogP contribution is -2.52. The molecule has 3 rings (SSSR count). The van der Waals surface area contributed by atoms with E-state index in [9.17, 15) is 9.59 Å². The van der Waals surface area contributed by atoms with E-state index in [2.05, 4.69) is 19.2 Å². The summed E-state index contributed by atoms with van der Waals surface area (Å²) in [6.45, 7) is 4.76. The van der Waals surface area contributed by atoms with E-state index < -0.39 is 6.04 Å². The Kier molecular flexibility index (Phi) is 10.8. The molecule has 0 bridgehead atoms. The van der Waals surface area contributed by atoms with Gasteiger partial charge in [-0.2, -0.15) is 0 Å². The van der Waals surface area contributed by atoms with E-state index in [0.717, 1.165) is 23.3 Å². The summed E-state index contributed by atoms with van der Waals surface area (Å²) >= 11 is 6.22. The van der Waals surface area contributed by atoms with Gasteiger partial charge < -0.3 is 19.7 Å². The fourth-order valence-corrected chi connectivity index (χ4v) is 4.06. The van der Waals surface area contributed by atoms with Gasteiger partial charge in [0.05, 0.1) is 12.1 Å². The van der Waals surface area contributed by atoms with Crippen molar-refractivity contribution in [3.05, 3.63) is 95.0 Å². The molecule has 0 saturated carbocycles. The second kappa shape index (κ2) is 14.3. The highest BCUT2D eigenvalue weighted by Crippen LogP contribution is 2.24. The molecule has 3 aromatic carbocycles. The standard InChI is InChI=1S/C30H35ClN2O4/c1-22(2)17-18-32-30(35)27(19-23-9-5-4-6-10-23)33(20-24-13-15-25(36-3)16-14-24)29(34)21-37-28-12-8-7-11-26(28)31/h4-16,22,27H,17-21H2,1-3H3,(H,32,35)/t27-/m1/s1. The maximum Gasteiger partial charge on any atom is 0.261 e. The second-order valence-corrected chi connectivity index (χ2v) is 9.68. The first-order valence-corrected chi connectivity index (χ1v) is 12.9. The third kappa shape index (κ3) is 8.83. The lowest BCUT2D eigenvalue weighted by Gasteiger charge is -2.31. The van der Waals surface area contributed by atoms with E-state index in [4.69, 9.17) is 21.1 Å². The molecule has 6 nitrogen and oxygen atoms in total. The van der Waals surface area contributed by atoms with Crippen LogP contribution in [0.25, 0.3) is 0 Å². The Morgan fingerprint density at radius 1 is 0.919 bits per heavy atom. The number of halogens is 1. The summed E-state index contributed by atoms with van der Waals surface area (Å²) in [6.07, 6.45) is 1.23. The molecule has 0 aliphatic rings. The molecule has 0 spiro atoms. The molecule has 0 heterocycles. The lowest BCUT2D eigenvalue weighted by molar-refractivity contribution is -0.142. The molecule has 0 fully saturated rings. The van der Waals surface area contributed by atoms with Crippen molar-refractivity contribution in [3.63, 3.8) is 0 Å². The molecule has 7 heteroatoms. The molecule has 1 atom stereocenters. The number of nitrogens with one attached hydrogen (secondary N) is 1. The first kappa shape index (κ1) is 28.1. The zero-order valence-corrected chi connectivity index (χ0v) is 22.4. The zero-order chi connectivity index (χ0) is 26.6. The van der Waals surface area contributed by atoms with E-state index in [1.165, 1.54) is 0 Å². The smallest absolute Gasteiger partial charge is 0.261 e. The number of hydrogen-bond donors (Lipinski definition) is 1. The average molecular weight is 523 g/mol.